The average Bonchev–Trinajstić information content (AvgIpc) is 2.88. The Hall–Kier alpha value is -2.40. The van der Waals surface area contributed by atoms with Crippen molar-refractivity contribution in [3.63, 3.8) is 0 Å². The van der Waals surface area contributed by atoms with Crippen molar-refractivity contribution in [1.82, 2.24) is 5.16 Å². The highest BCUT2D eigenvalue weighted by molar-refractivity contribution is 5.88. The number of aromatic carboxylic acids is 1. The van der Waals surface area contributed by atoms with Crippen LogP contribution >= 0.6 is 0 Å². The van der Waals surface area contributed by atoms with Gasteiger partial charge < -0.3 is 14.4 Å². The van der Waals surface area contributed by atoms with E-state index in [4.69, 9.17) is 14.4 Å². The number of hydrogen-bond acceptors (Lipinski definition) is 4. The van der Waals surface area contributed by atoms with Crippen molar-refractivity contribution in [3.8, 4) is 0 Å². The zero-order valence-electron chi connectivity index (χ0n) is 10.2. The maximum atomic E-state index is 10.8. The van der Waals surface area contributed by atoms with Crippen LogP contribution in [0.1, 0.15) is 21.7 Å². The number of ether oxygens (including phenoxy) is 1. The number of benzene rings is 1. The van der Waals surface area contributed by atoms with E-state index in [1.165, 1.54) is 6.20 Å². The van der Waals surface area contributed by atoms with Crippen LogP contribution in [0, 0.1) is 0 Å². The predicted molar refractivity (Wildman–Crippen MR) is 68.6 cm³/mol. The minimum Gasteiger partial charge on any atom is -0.478 e. The number of carboxylic acid groups (broad SMARTS) is 1. The van der Waals surface area contributed by atoms with E-state index in [1.54, 1.807) is 0 Å². The van der Waals surface area contributed by atoms with E-state index < -0.39 is 5.97 Å². The van der Waals surface area contributed by atoms with Gasteiger partial charge in [0.15, 0.2) is 5.76 Å². The molecule has 0 amide bonds. The molecule has 0 saturated carbocycles. The van der Waals surface area contributed by atoms with Crippen LogP contribution < -0.4 is 0 Å². The topological polar surface area (TPSA) is 72.6 Å². The second-order valence-electron chi connectivity index (χ2n) is 3.80. The van der Waals surface area contributed by atoms with Gasteiger partial charge in [-0.25, -0.2) is 4.79 Å². The van der Waals surface area contributed by atoms with Crippen LogP contribution in [0.25, 0.3) is 6.08 Å². The molecule has 0 spiro atoms. The van der Waals surface area contributed by atoms with Gasteiger partial charge in [-0.15, -0.1) is 0 Å². The molecule has 0 unspecified atom stereocenters. The molecule has 0 fully saturated rings. The monoisotopic (exact) mass is 259 g/mol. The minimum atomic E-state index is -1.07. The summed E-state index contributed by atoms with van der Waals surface area (Å²) in [5.41, 5.74) is 1.11. The SMILES string of the molecule is O=C(O)c1cnoc1COC/C=C/c1ccccc1. The quantitative estimate of drug-likeness (QED) is 0.807. The van der Waals surface area contributed by atoms with Gasteiger partial charge in [-0.3, -0.25) is 0 Å². The summed E-state index contributed by atoms with van der Waals surface area (Å²) in [4.78, 5) is 10.8. The summed E-state index contributed by atoms with van der Waals surface area (Å²) in [6.45, 7) is 0.454. The molecule has 5 heteroatoms. The molecule has 2 aromatic rings. The Balaban J connectivity index is 1.79. The summed E-state index contributed by atoms with van der Waals surface area (Å²) in [5.74, 6) is -0.847. The first-order valence-corrected chi connectivity index (χ1v) is 5.73. The summed E-state index contributed by atoms with van der Waals surface area (Å²) >= 11 is 0. The van der Waals surface area contributed by atoms with Gasteiger partial charge in [-0.1, -0.05) is 47.6 Å². The van der Waals surface area contributed by atoms with E-state index in [0.717, 1.165) is 5.56 Å². The fourth-order valence-electron chi connectivity index (χ4n) is 1.51. The van der Waals surface area contributed by atoms with Gasteiger partial charge in [0.05, 0.1) is 12.8 Å². The number of rotatable bonds is 6. The first-order chi connectivity index (χ1) is 9.27. The van der Waals surface area contributed by atoms with Crippen LogP contribution in [-0.2, 0) is 11.3 Å². The molecule has 0 radical (unpaired) electrons. The van der Waals surface area contributed by atoms with Gasteiger partial charge in [0, 0.05) is 0 Å². The first-order valence-electron chi connectivity index (χ1n) is 5.73. The molecule has 0 aliphatic rings. The molecule has 1 N–H and O–H groups in total. The largest absolute Gasteiger partial charge is 0.478 e. The third kappa shape index (κ3) is 3.79. The fourth-order valence-corrected chi connectivity index (χ4v) is 1.51. The van der Waals surface area contributed by atoms with Crippen LogP contribution in [0.2, 0.25) is 0 Å². The van der Waals surface area contributed by atoms with Crippen molar-refractivity contribution in [2.45, 2.75) is 6.61 Å². The number of carbonyl (C=O) groups is 1. The smallest absolute Gasteiger partial charge is 0.341 e. The maximum absolute atomic E-state index is 10.8. The van der Waals surface area contributed by atoms with Crippen LogP contribution in [0.15, 0.2) is 47.1 Å². The second kappa shape index (κ2) is 6.51. The van der Waals surface area contributed by atoms with Gasteiger partial charge in [-0.05, 0) is 5.56 Å². The molecule has 0 atom stereocenters. The van der Waals surface area contributed by atoms with Gasteiger partial charge in [0.1, 0.15) is 12.2 Å². The van der Waals surface area contributed by atoms with E-state index >= 15 is 0 Å². The lowest BCUT2D eigenvalue weighted by Crippen LogP contribution is -2.01. The molecule has 0 aliphatic heterocycles. The zero-order valence-corrected chi connectivity index (χ0v) is 10.2. The average molecular weight is 259 g/mol. The Labute approximate surface area is 110 Å². The molecule has 19 heavy (non-hydrogen) atoms. The van der Waals surface area contributed by atoms with E-state index in [0.29, 0.717) is 6.61 Å². The van der Waals surface area contributed by atoms with Crippen LogP contribution in [0.3, 0.4) is 0 Å². The molecular weight excluding hydrogens is 246 g/mol. The van der Waals surface area contributed by atoms with Crippen molar-refractivity contribution in [2.75, 3.05) is 6.61 Å². The van der Waals surface area contributed by atoms with Crippen molar-refractivity contribution in [3.05, 3.63) is 59.5 Å². The van der Waals surface area contributed by atoms with Crippen molar-refractivity contribution in [1.29, 1.82) is 0 Å². The Kier molecular flexibility index (Phi) is 4.47. The number of hydrogen-bond donors (Lipinski definition) is 1. The Morgan fingerprint density at radius 2 is 2.16 bits per heavy atom. The molecule has 2 rings (SSSR count). The van der Waals surface area contributed by atoms with E-state index in [1.807, 2.05) is 42.5 Å². The highest BCUT2D eigenvalue weighted by atomic mass is 16.5. The molecule has 0 saturated heterocycles. The highest BCUT2D eigenvalue weighted by Gasteiger charge is 2.14. The summed E-state index contributed by atoms with van der Waals surface area (Å²) in [6.07, 6.45) is 4.95. The lowest BCUT2D eigenvalue weighted by Gasteiger charge is -1.98. The molecule has 0 aliphatic carbocycles. The van der Waals surface area contributed by atoms with Crippen molar-refractivity contribution in [2.24, 2.45) is 0 Å². The van der Waals surface area contributed by atoms with Crippen molar-refractivity contribution >= 4 is 12.0 Å². The van der Waals surface area contributed by atoms with Crippen LogP contribution in [-0.4, -0.2) is 22.8 Å². The molecule has 98 valence electrons. The van der Waals surface area contributed by atoms with Gasteiger partial charge in [-0.2, -0.15) is 0 Å². The van der Waals surface area contributed by atoms with Gasteiger partial charge in [0.25, 0.3) is 0 Å². The zero-order chi connectivity index (χ0) is 13.5. The van der Waals surface area contributed by atoms with E-state index in [-0.39, 0.29) is 17.9 Å². The van der Waals surface area contributed by atoms with Crippen LogP contribution in [0.5, 0.6) is 0 Å². The van der Waals surface area contributed by atoms with E-state index in [2.05, 4.69) is 5.16 Å². The van der Waals surface area contributed by atoms with Gasteiger partial charge >= 0.3 is 5.97 Å². The number of carboxylic acids is 1. The lowest BCUT2D eigenvalue weighted by atomic mass is 10.2. The number of aromatic nitrogens is 1. The summed E-state index contributed by atoms with van der Waals surface area (Å²) in [7, 11) is 0. The molecular formula is C14H13NO4. The second-order valence-corrected chi connectivity index (χ2v) is 3.80. The molecule has 1 aromatic carbocycles. The maximum Gasteiger partial charge on any atom is 0.341 e. The summed E-state index contributed by atoms with van der Waals surface area (Å²) in [5, 5.41) is 12.3. The Bertz CT molecular complexity index is 560. The van der Waals surface area contributed by atoms with Gasteiger partial charge in [0.2, 0.25) is 0 Å². The normalized spacial score (nSPS) is 10.9. The number of nitrogens with zero attached hydrogens (tertiary/aromatic N) is 1. The summed E-state index contributed by atoms with van der Waals surface area (Å²) < 4.78 is 10.1. The molecule has 0 bridgehead atoms. The Morgan fingerprint density at radius 1 is 1.37 bits per heavy atom. The highest BCUT2D eigenvalue weighted by Crippen LogP contribution is 2.09. The fraction of sp³-hybridized carbons (Fsp3) is 0.143. The molecule has 5 nitrogen and oxygen atoms in total. The standard InChI is InChI=1S/C14H13NO4/c16-14(17)12-9-15-19-13(12)10-18-8-4-7-11-5-2-1-3-6-11/h1-7,9H,8,10H2,(H,16,17)/b7-4+. The predicted octanol–water partition coefficient (Wildman–Crippen LogP) is 2.60. The van der Waals surface area contributed by atoms with Crippen LogP contribution in [0.4, 0.5) is 0 Å². The minimum absolute atomic E-state index is 0.0343. The third-order valence-electron chi connectivity index (χ3n) is 2.43. The Morgan fingerprint density at radius 3 is 2.89 bits per heavy atom. The molecule has 1 aromatic heterocycles. The summed E-state index contributed by atoms with van der Waals surface area (Å²) in [6, 6.07) is 9.82. The third-order valence-corrected chi connectivity index (χ3v) is 2.43. The van der Waals surface area contributed by atoms with Crippen molar-refractivity contribution < 1.29 is 19.2 Å². The first kappa shape index (κ1) is 13.0. The van der Waals surface area contributed by atoms with E-state index in [9.17, 15) is 4.79 Å². The lowest BCUT2D eigenvalue weighted by molar-refractivity contribution is 0.0684. The molecule has 1 heterocycles.